The van der Waals surface area contributed by atoms with Gasteiger partial charge in [-0.05, 0) is 48.0 Å². The predicted molar refractivity (Wildman–Crippen MR) is 103 cm³/mol. The summed E-state index contributed by atoms with van der Waals surface area (Å²) >= 11 is 12.2. The van der Waals surface area contributed by atoms with Gasteiger partial charge in [0.25, 0.3) is 5.91 Å². The van der Waals surface area contributed by atoms with Crippen LogP contribution in [0.1, 0.15) is 10.4 Å². The van der Waals surface area contributed by atoms with E-state index in [1.165, 1.54) is 18.2 Å². The Bertz CT molecular complexity index is 938. The van der Waals surface area contributed by atoms with E-state index < -0.39 is 11.7 Å². The number of rotatable bonds is 4. The third kappa shape index (κ3) is 3.82. The molecule has 6 heteroatoms. The lowest BCUT2D eigenvalue weighted by Gasteiger charge is -2.10. The fourth-order valence-electron chi connectivity index (χ4n) is 2.49. The van der Waals surface area contributed by atoms with Crippen molar-refractivity contribution in [1.29, 1.82) is 0 Å². The van der Waals surface area contributed by atoms with Crippen molar-refractivity contribution >= 4 is 34.8 Å². The van der Waals surface area contributed by atoms with E-state index in [9.17, 15) is 9.18 Å². The van der Waals surface area contributed by atoms with Crippen LogP contribution in [0.5, 0.6) is 5.75 Å². The van der Waals surface area contributed by atoms with Gasteiger partial charge in [0.2, 0.25) is 0 Å². The van der Waals surface area contributed by atoms with Gasteiger partial charge in [-0.2, -0.15) is 0 Å². The predicted octanol–water partition coefficient (Wildman–Crippen LogP) is 6.06. The van der Waals surface area contributed by atoms with Gasteiger partial charge < -0.3 is 10.1 Å². The second-order valence-corrected chi connectivity index (χ2v) is 6.29. The number of carbonyl (C=O) groups is 1. The highest BCUT2D eigenvalue weighted by Gasteiger charge is 2.16. The van der Waals surface area contributed by atoms with Gasteiger partial charge in [-0.25, -0.2) is 4.39 Å². The summed E-state index contributed by atoms with van der Waals surface area (Å²) in [7, 11) is 1.58. The minimum Gasteiger partial charge on any atom is -0.497 e. The number of nitrogens with one attached hydrogen (secondary N) is 1. The van der Waals surface area contributed by atoms with Crippen LogP contribution in [0.4, 0.5) is 10.1 Å². The van der Waals surface area contributed by atoms with Crippen molar-refractivity contribution in [2.45, 2.75) is 0 Å². The Morgan fingerprint density at radius 2 is 1.73 bits per heavy atom. The number of methoxy groups -OCH3 is 1. The molecule has 132 valence electrons. The second kappa shape index (κ2) is 7.77. The van der Waals surface area contributed by atoms with Crippen LogP contribution in [0.25, 0.3) is 11.1 Å². The molecule has 0 bridgehead atoms. The fraction of sp³-hybridized carbons (Fsp3) is 0.0500. The van der Waals surface area contributed by atoms with Crippen LogP contribution in [0.15, 0.2) is 60.7 Å². The Morgan fingerprint density at radius 1 is 1.00 bits per heavy atom. The second-order valence-electron chi connectivity index (χ2n) is 5.47. The average Bonchev–Trinajstić information content (AvgIpc) is 2.63. The van der Waals surface area contributed by atoms with E-state index >= 15 is 0 Å². The first-order valence-corrected chi connectivity index (χ1v) is 8.44. The molecule has 1 N–H and O–H groups in total. The molecule has 0 unspecified atom stereocenters. The third-order valence-corrected chi connectivity index (χ3v) is 4.46. The Balaban J connectivity index is 1.83. The van der Waals surface area contributed by atoms with E-state index in [2.05, 4.69) is 5.32 Å². The van der Waals surface area contributed by atoms with Gasteiger partial charge >= 0.3 is 0 Å². The van der Waals surface area contributed by atoms with E-state index in [1.54, 1.807) is 43.5 Å². The van der Waals surface area contributed by atoms with Crippen molar-refractivity contribution in [2.24, 2.45) is 0 Å². The summed E-state index contributed by atoms with van der Waals surface area (Å²) in [6.07, 6.45) is 0. The lowest BCUT2D eigenvalue weighted by Crippen LogP contribution is -2.14. The highest BCUT2D eigenvalue weighted by Crippen LogP contribution is 2.32. The highest BCUT2D eigenvalue weighted by molar-refractivity contribution is 6.34. The van der Waals surface area contributed by atoms with E-state index in [1.807, 2.05) is 6.07 Å². The first kappa shape index (κ1) is 18.2. The largest absolute Gasteiger partial charge is 0.497 e. The molecule has 0 aliphatic heterocycles. The summed E-state index contributed by atoms with van der Waals surface area (Å²) in [4.78, 5) is 12.3. The van der Waals surface area contributed by atoms with E-state index in [0.717, 1.165) is 11.1 Å². The van der Waals surface area contributed by atoms with Crippen LogP contribution in [0.2, 0.25) is 10.0 Å². The van der Waals surface area contributed by atoms with Crippen LogP contribution in [0.3, 0.4) is 0 Å². The number of benzene rings is 3. The third-order valence-electron chi connectivity index (χ3n) is 3.82. The molecule has 0 heterocycles. The summed E-state index contributed by atoms with van der Waals surface area (Å²) in [5.74, 6) is -0.592. The molecule has 0 atom stereocenters. The quantitative estimate of drug-likeness (QED) is 0.588. The first-order chi connectivity index (χ1) is 12.5. The Labute approximate surface area is 160 Å². The molecule has 0 radical (unpaired) electrons. The lowest BCUT2D eigenvalue weighted by molar-refractivity contribution is 0.102. The zero-order valence-corrected chi connectivity index (χ0v) is 15.2. The molecule has 0 fully saturated rings. The minimum atomic E-state index is -0.671. The number of ether oxygens (including phenoxy) is 1. The van der Waals surface area contributed by atoms with E-state index in [0.29, 0.717) is 16.5 Å². The van der Waals surface area contributed by atoms with Crippen LogP contribution in [-0.4, -0.2) is 13.0 Å². The average molecular weight is 390 g/mol. The minimum absolute atomic E-state index is 0.0577. The molecule has 0 aromatic heterocycles. The summed E-state index contributed by atoms with van der Waals surface area (Å²) in [6.45, 7) is 0. The van der Waals surface area contributed by atoms with Gasteiger partial charge in [0, 0.05) is 16.3 Å². The van der Waals surface area contributed by atoms with Gasteiger partial charge in [0.05, 0.1) is 17.7 Å². The highest BCUT2D eigenvalue weighted by atomic mass is 35.5. The van der Waals surface area contributed by atoms with Crippen molar-refractivity contribution in [3.63, 3.8) is 0 Å². The molecule has 0 aliphatic carbocycles. The molecule has 0 aliphatic rings. The first-order valence-electron chi connectivity index (χ1n) is 7.69. The molecular weight excluding hydrogens is 376 g/mol. The molecule has 1 amide bonds. The molecule has 0 spiro atoms. The van der Waals surface area contributed by atoms with E-state index in [-0.39, 0.29) is 10.6 Å². The number of anilines is 1. The molecule has 3 rings (SSSR count). The molecule has 0 saturated carbocycles. The Hall–Kier alpha value is -2.56. The van der Waals surface area contributed by atoms with Crippen molar-refractivity contribution in [2.75, 3.05) is 12.4 Å². The molecule has 3 aromatic rings. The van der Waals surface area contributed by atoms with Gasteiger partial charge in [-0.3, -0.25) is 4.79 Å². The number of halogens is 3. The number of hydrogen-bond acceptors (Lipinski definition) is 2. The van der Waals surface area contributed by atoms with Gasteiger partial charge in [-0.15, -0.1) is 0 Å². The summed E-state index contributed by atoms with van der Waals surface area (Å²) < 4.78 is 19.0. The normalized spacial score (nSPS) is 10.5. The summed E-state index contributed by atoms with van der Waals surface area (Å²) in [5, 5.41) is 3.28. The number of carbonyl (C=O) groups excluding carboxylic acids is 1. The van der Waals surface area contributed by atoms with Gasteiger partial charge in [-0.1, -0.05) is 41.4 Å². The molecule has 0 saturated heterocycles. The van der Waals surface area contributed by atoms with Crippen LogP contribution in [-0.2, 0) is 0 Å². The zero-order valence-electron chi connectivity index (χ0n) is 13.7. The standard InChI is InChI=1S/C20H14Cl2FNO2/c1-26-14-9-10-16(21)15(11-14)12-5-7-13(8-6-12)24-20(25)19-17(22)3-2-4-18(19)23/h2-11H,1H3,(H,24,25). The zero-order chi connectivity index (χ0) is 18.7. The lowest BCUT2D eigenvalue weighted by atomic mass is 10.0. The molecule has 3 aromatic carbocycles. The van der Waals surface area contributed by atoms with Crippen molar-refractivity contribution in [3.05, 3.63) is 82.1 Å². The van der Waals surface area contributed by atoms with Crippen molar-refractivity contribution in [3.8, 4) is 16.9 Å². The smallest absolute Gasteiger partial charge is 0.260 e. The van der Waals surface area contributed by atoms with Crippen LogP contribution in [0, 0.1) is 5.82 Å². The molecule has 26 heavy (non-hydrogen) atoms. The van der Waals surface area contributed by atoms with Crippen molar-refractivity contribution in [1.82, 2.24) is 0 Å². The number of hydrogen-bond donors (Lipinski definition) is 1. The maximum Gasteiger partial charge on any atom is 0.260 e. The SMILES string of the molecule is COc1ccc(Cl)c(-c2ccc(NC(=O)c3c(F)cccc3Cl)cc2)c1. The molecule has 3 nitrogen and oxygen atoms in total. The Kier molecular flexibility index (Phi) is 5.45. The summed E-state index contributed by atoms with van der Waals surface area (Å²) in [5.41, 5.74) is 1.99. The summed E-state index contributed by atoms with van der Waals surface area (Å²) in [6, 6.07) is 16.5. The van der Waals surface area contributed by atoms with Gasteiger partial charge in [0.1, 0.15) is 11.6 Å². The Morgan fingerprint density at radius 3 is 2.38 bits per heavy atom. The van der Waals surface area contributed by atoms with E-state index in [4.69, 9.17) is 27.9 Å². The fourth-order valence-corrected chi connectivity index (χ4v) is 2.97. The topological polar surface area (TPSA) is 38.3 Å². The maximum absolute atomic E-state index is 13.8. The van der Waals surface area contributed by atoms with Gasteiger partial charge in [0.15, 0.2) is 0 Å². The van der Waals surface area contributed by atoms with Crippen LogP contribution < -0.4 is 10.1 Å². The van der Waals surface area contributed by atoms with Crippen LogP contribution >= 0.6 is 23.2 Å². The van der Waals surface area contributed by atoms with Crippen molar-refractivity contribution < 1.29 is 13.9 Å². The number of amides is 1. The maximum atomic E-state index is 13.8. The molecular formula is C20H14Cl2FNO2. The monoisotopic (exact) mass is 389 g/mol.